The molecule has 2 heterocycles. The van der Waals surface area contributed by atoms with Crippen LogP contribution in [-0.4, -0.2) is 33.0 Å². The van der Waals surface area contributed by atoms with E-state index in [1.807, 2.05) is 13.8 Å². The minimum absolute atomic E-state index is 0.0366. The second-order valence-corrected chi connectivity index (χ2v) is 6.58. The summed E-state index contributed by atoms with van der Waals surface area (Å²) in [6, 6.07) is 0. The summed E-state index contributed by atoms with van der Waals surface area (Å²) in [6.45, 7) is 5.94. The Bertz CT molecular complexity index is 705. The molecule has 0 aliphatic carbocycles. The quantitative estimate of drug-likeness (QED) is 0.869. The largest absolute Gasteiger partial charge is 0.393 e. The van der Waals surface area contributed by atoms with Gasteiger partial charge >= 0.3 is 0 Å². The maximum absolute atomic E-state index is 12.2. The Morgan fingerprint density at radius 2 is 2.24 bits per heavy atom. The number of hydrogen-bond acceptors (Lipinski definition) is 5. The highest BCUT2D eigenvalue weighted by Crippen LogP contribution is 2.12. The Kier molecular flexibility index (Phi) is 4.74. The predicted molar refractivity (Wildman–Crippen MR) is 81.9 cm³/mol. The van der Waals surface area contributed by atoms with Crippen molar-refractivity contribution in [2.24, 2.45) is 5.92 Å². The zero-order chi connectivity index (χ0) is 15.6. The number of aliphatic hydroxyl groups is 1. The zero-order valence-electron chi connectivity index (χ0n) is 12.3. The number of thiazole rings is 1. The number of amides is 1. The third kappa shape index (κ3) is 3.68. The highest BCUT2D eigenvalue weighted by molar-refractivity contribution is 7.16. The molecule has 7 heteroatoms. The van der Waals surface area contributed by atoms with Crippen molar-refractivity contribution in [3.63, 3.8) is 0 Å². The van der Waals surface area contributed by atoms with E-state index in [-0.39, 0.29) is 17.0 Å². The first-order valence-electron chi connectivity index (χ1n) is 6.82. The molecule has 0 fully saturated rings. The summed E-state index contributed by atoms with van der Waals surface area (Å²) in [5.74, 6) is -0.292. The smallest absolute Gasteiger partial charge is 0.271 e. The number of aromatic nitrogens is 2. The molecule has 0 saturated carbocycles. The van der Waals surface area contributed by atoms with Gasteiger partial charge < -0.3 is 10.4 Å². The minimum atomic E-state index is -0.428. The van der Waals surface area contributed by atoms with Crippen molar-refractivity contribution in [1.29, 1.82) is 0 Å². The Balaban J connectivity index is 2.13. The molecule has 21 heavy (non-hydrogen) atoms. The van der Waals surface area contributed by atoms with Crippen LogP contribution in [0.25, 0.3) is 4.96 Å². The number of rotatable bonds is 5. The van der Waals surface area contributed by atoms with Gasteiger partial charge in [-0.3, -0.25) is 14.0 Å². The van der Waals surface area contributed by atoms with Gasteiger partial charge in [-0.05, 0) is 26.2 Å². The SMILES string of the molecule is Cc1cn2c(=O)c(C(=O)NCC(C)CC(C)O)cnc2s1. The van der Waals surface area contributed by atoms with E-state index in [0.29, 0.717) is 17.9 Å². The Morgan fingerprint density at radius 1 is 1.52 bits per heavy atom. The topological polar surface area (TPSA) is 83.7 Å². The van der Waals surface area contributed by atoms with Crippen molar-refractivity contribution in [3.05, 3.63) is 33.2 Å². The number of hydrogen-bond donors (Lipinski definition) is 2. The van der Waals surface area contributed by atoms with Crippen LogP contribution in [0.5, 0.6) is 0 Å². The van der Waals surface area contributed by atoms with Crippen LogP contribution in [0.2, 0.25) is 0 Å². The van der Waals surface area contributed by atoms with Crippen LogP contribution >= 0.6 is 11.3 Å². The van der Waals surface area contributed by atoms with E-state index in [0.717, 1.165) is 4.88 Å². The van der Waals surface area contributed by atoms with E-state index >= 15 is 0 Å². The van der Waals surface area contributed by atoms with Gasteiger partial charge in [-0.15, -0.1) is 11.3 Å². The zero-order valence-corrected chi connectivity index (χ0v) is 13.1. The van der Waals surface area contributed by atoms with Gasteiger partial charge in [0, 0.05) is 23.8 Å². The lowest BCUT2D eigenvalue weighted by molar-refractivity contribution is 0.0937. The van der Waals surface area contributed by atoms with E-state index < -0.39 is 12.0 Å². The van der Waals surface area contributed by atoms with Gasteiger partial charge in [0.05, 0.1) is 6.10 Å². The van der Waals surface area contributed by atoms with Crippen molar-refractivity contribution in [2.45, 2.75) is 33.3 Å². The van der Waals surface area contributed by atoms with Crippen LogP contribution in [0.1, 0.15) is 35.5 Å². The highest BCUT2D eigenvalue weighted by atomic mass is 32.1. The number of aryl methyl sites for hydroxylation is 1. The number of aliphatic hydroxyl groups excluding tert-OH is 1. The maximum atomic E-state index is 12.2. The number of fused-ring (bicyclic) bond motifs is 1. The average Bonchev–Trinajstić information content (AvgIpc) is 2.77. The minimum Gasteiger partial charge on any atom is -0.393 e. The first-order valence-corrected chi connectivity index (χ1v) is 7.64. The van der Waals surface area contributed by atoms with E-state index in [1.54, 1.807) is 13.1 Å². The van der Waals surface area contributed by atoms with Crippen molar-refractivity contribution in [2.75, 3.05) is 6.54 Å². The Hall–Kier alpha value is -1.73. The van der Waals surface area contributed by atoms with Gasteiger partial charge in [-0.25, -0.2) is 4.98 Å². The molecular formula is C14H19N3O3S. The van der Waals surface area contributed by atoms with Crippen LogP contribution in [0.3, 0.4) is 0 Å². The second-order valence-electron chi connectivity index (χ2n) is 5.37. The molecule has 0 aliphatic rings. The van der Waals surface area contributed by atoms with E-state index in [2.05, 4.69) is 10.3 Å². The Labute approximate surface area is 126 Å². The number of nitrogens with zero attached hydrogens (tertiary/aromatic N) is 2. The molecule has 114 valence electrons. The normalized spacial score (nSPS) is 14.1. The molecule has 0 spiro atoms. The molecule has 0 aromatic carbocycles. The second kappa shape index (κ2) is 6.36. The van der Waals surface area contributed by atoms with Crippen molar-refractivity contribution in [1.82, 2.24) is 14.7 Å². The highest BCUT2D eigenvalue weighted by Gasteiger charge is 2.15. The third-order valence-corrected chi connectivity index (χ3v) is 4.03. The van der Waals surface area contributed by atoms with Crippen LogP contribution in [-0.2, 0) is 0 Å². The van der Waals surface area contributed by atoms with Crippen LogP contribution in [0.15, 0.2) is 17.2 Å². The fourth-order valence-corrected chi connectivity index (χ4v) is 2.96. The molecule has 2 unspecified atom stereocenters. The lowest BCUT2D eigenvalue weighted by atomic mass is 10.0. The van der Waals surface area contributed by atoms with Gasteiger partial charge in [0.1, 0.15) is 5.56 Å². The molecule has 0 bridgehead atoms. The summed E-state index contributed by atoms with van der Waals surface area (Å²) < 4.78 is 1.40. The molecule has 0 aliphatic heterocycles. The first kappa shape index (κ1) is 15.7. The fraction of sp³-hybridized carbons (Fsp3) is 0.500. The molecule has 0 saturated heterocycles. The lowest BCUT2D eigenvalue weighted by Crippen LogP contribution is -2.34. The van der Waals surface area contributed by atoms with Crippen molar-refractivity contribution >= 4 is 22.2 Å². The molecule has 2 aromatic rings. The fourth-order valence-electron chi connectivity index (χ4n) is 2.18. The van der Waals surface area contributed by atoms with E-state index in [9.17, 15) is 14.7 Å². The summed E-state index contributed by atoms with van der Waals surface area (Å²) in [5.41, 5.74) is -0.320. The first-order chi connectivity index (χ1) is 9.88. The van der Waals surface area contributed by atoms with Gasteiger partial charge in [-0.1, -0.05) is 6.92 Å². The maximum Gasteiger partial charge on any atom is 0.271 e. The molecule has 2 rings (SSSR count). The number of carbonyl (C=O) groups is 1. The van der Waals surface area contributed by atoms with Gasteiger partial charge in [-0.2, -0.15) is 0 Å². The molecule has 2 N–H and O–H groups in total. The van der Waals surface area contributed by atoms with Gasteiger partial charge in [0.25, 0.3) is 11.5 Å². The third-order valence-electron chi connectivity index (χ3n) is 3.12. The molecule has 2 atom stereocenters. The lowest BCUT2D eigenvalue weighted by Gasteiger charge is -2.13. The van der Waals surface area contributed by atoms with Crippen LogP contribution in [0.4, 0.5) is 0 Å². The predicted octanol–water partition coefficient (Wildman–Crippen LogP) is 1.20. The average molecular weight is 309 g/mol. The van der Waals surface area contributed by atoms with E-state index in [4.69, 9.17) is 0 Å². The molecule has 0 radical (unpaired) electrons. The van der Waals surface area contributed by atoms with Crippen LogP contribution in [0, 0.1) is 12.8 Å². The van der Waals surface area contributed by atoms with E-state index in [1.165, 1.54) is 21.9 Å². The standard InChI is InChI=1S/C14H19N3O3S/c1-8(4-9(2)18)5-15-12(19)11-6-16-14-17(13(11)20)7-10(3)21-14/h6-9,18H,4-5H2,1-3H3,(H,15,19). The monoisotopic (exact) mass is 309 g/mol. The molecule has 6 nitrogen and oxygen atoms in total. The molecular weight excluding hydrogens is 290 g/mol. The number of carbonyl (C=O) groups excluding carboxylic acids is 1. The van der Waals surface area contributed by atoms with Crippen molar-refractivity contribution < 1.29 is 9.90 Å². The van der Waals surface area contributed by atoms with Crippen molar-refractivity contribution in [3.8, 4) is 0 Å². The van der Waals surface area contributed by atoms with Gasteiger partial charge in [0.15, 0.2) is 4.96 Å². The summed E-state index contributed by atoms with van der Waals surface area (Å²) in [5, 5.41) is 12.0. The summed E-state index contributed by atoms with van der Waals surface area (Å²) >= 11 is 1.40. The Morgan fingerprint density at radius 3 is 2.90 bits per heavy atom. The van der Waals surface area contributed by atoms with Gasteiger partial charge in [0.2, 0.25) is 0 Å². The van der Waals surface area contributed by atoms with Crippen LogP contribution < -0.4 is 10.9 Å². The summed E-state index contributed by atoms with van der Waals surface area (Å²) in [6.07, 6.45) is 3.19. The number of nitrogens with one attached hydrogen (secondary N) is 1. The summed E-state index contributed by atoms with van der Waals surface area (Å²) in [4.78, 5) is 30.0. The molecule has 1 amide bonds. The molecule has 2 aromatic heterocycles. The summed E-state index contributed by atoms with van der Waals surface area (Å²) in [7, 11) is 0.